The normalized spacial score (nSPS) is 10.3. The number of furan rings is 1. The molecule has 0 spiro atoms. The molecule has 94 valence electrons. The van der Waals surface area contributed by atoms with Crippen LogP contribution in [0.15, 0.2) is 28.7 Å². The number of hydrogen-bond donors (Lipinski definition) is 2. The first-order chi connectivity index (χ1) is 8.56. The van der Waals surface area contributed by atoms with Crippen molar-refractivity contribution in [2.45, 2.75) is 13.5 Å². The first-order valence-electron chi connectivity index (χ1n) is 5.32. The van der Waals surface area contributed by atoms with Gasteiger partial charge in [-0.3, -0.25) is 4.79 Å². The van der Waals surface area contributed by atoms with Gasteiger partial charge in [0.25, 0.3) is 5.91 Å². The van der Waals surface area contributed by atoms with Crippen molar-refractivity contribution in [2.75, 3.05) is 5.73 Å². The summed E-state index contributed by atoms with van der Waals surface area (Å²) in [7, 11) is 0. The molecule has 0 aliphatic rings. The average molecular weight is 266 g/mol. The maximum atomic E-state index is 11.8. The maximum absolute atomic E-state index is 11.8. The van der Waals surface area contributed by atoms with Crippen LogP contribution in [0, 0.1) is 6.92 Å². The third-order valence-electron chi connectivity index (χ3n) is 2.30. The number of halogens is 1. The Hall–Kier alpha value is -2.01. The highest BCUT2D eigenvalue weighted by Gasteiger charge is 2.12. The summed E-state index contributed by atoms with van der Waals surface area (Å²) in [6.07, 6.45) is 0. The monoisotopic (exact) mass is 265 g/mol. The molecule has 2 aromatic heterocycles. The molecule has 0 atom stereocenters. The topological polar surface area (TPSA) is 81.2 Å². The maximum Gasteiger partial charge on any atom is 0.271 e. The highest BCUT2D eigenvalue weighted by molar-refractivity contribution is 6.33. The molecule has 0 fully saturated rings. The number of nitrogens with zero attached hydrogens (tertiary/aromatic N) is 1. The Labute approximate surface area is 109 Å². The molecule has 3 N–H and O–H groups in total. The SMILES string of the molecule is Cc1ccc(CNC(=O)c2nc(N)ccc2Cl)o1. The molecule has 0 saturated heterocycles. The lowest BCUT2D eigenvalue weighted by Crippen LogP contribution is -2.24. The number of hydrogen-bond acceptors (Lipinski definition) is 4. The van der Waals surface area contributed by atoms with Crippen molar-refractivity contribution in [1.82, 2.24) is 10.3 Å². The third-order valence-corrected chi connectivity index (χ3v) is 2.61. The van der Waals surface area contributed by atoms with E-state index >= 15 is 0 Å². The second-order valence-electron chi connectivity index (χ2n) is 3.76. The summed E-state index contributed by atoms with van der Waals surface area (Å²) in [6, 6.07) is 6.70. The second kappa shape index (κ2) is 5.10. The van der Waals surface area contributed by atoms with E-state index in [4.69, 9.17) is 21.8 Å². The summed E-state index contributed by atoms with van der Waals surface area (Å²) in [5.74, 6) is 1.32. The molecule has 2 rings (SSSR count). The van der Waals surface area contributed by atoms with Crippen molar-refractivity contribution in [2.24, 2.45) is 0 Å². The van der Waals surface area contributed by atoms with Crippen LogP contribution in [0.3, 0.4) is 0 Å². The van der Waals surface area contributed by atoms with Gasteiger partial charge in [0.05, 0.1) is 11.6 Å². The Kier molecular flexibility index (Phi) is 3.53. The van der Waals surface area contributed by atoms with E-state index in [0.717, 1.165) is 5.76 Å². The number of nitrogens with two attached hydrogens (primary N) is 1. The molecule has 1 amide bonds. The molecule has 5 nitrogen and oxygen atoms in total. The van der Waals surface area contributed by atoms with Crippen LogP contribution in [0.25, 0.3) is 0 Å². The largest absolute Gasteiger partial charge is 0.465 e. The van der Waals surface area contributed by atoms with E-state index < -0.39 is 0 Å². The quantitative estimate of drug-likeness (QED) is 0.891. The lowest BCUT2D eigenvalue weighted by Gasteiger charge is -2.05. The fraction of sp³-hybridized carbons (Fsp3) is 0.167. The second-order valence-corrected chi connectivity index (χ2v) is 4.17. The van der Waals surface area contributed by atoms with Gasteiger partial charge in [0, 0.05) is 0 Å². The van der Waals surface area contributed by atoms with Gasteiger partial charge in [-0.1, -0.05) is 11.6 Å². The van der Waals surface area contributed by atoms with E-state index in [1.807, 2.05) is 13.0 Å². The molecule has 2 heterocycles. The number of nitrogens with one attached hydrogen (secondary N) is 1. The van der Waals surface area contributed by atoms with Crippen molar-refractivity contribution >= 4 is 23.3 Å². The van der Waals surface area contributed by atoms with E-state index in [2.05, 4.69) is 10.3 Å². The van der Waals surface area contributed by atoms with E-state index in [0.29, 0.717) is 5.76 Å². The highest BCUT2D eigenvalue weighted by Crippen LogP contribution is 2.15. The first kappa shape index (κ1) is 12.4. The van der Waals surface area contributed by atoms with Gasteiger partial charge in [0.2, 0.25) is 0 Å². The van der Waals surface area contributed by atoms with Gasteiger partial charge >= 0.3 is 0 Å². The zero-order valence-corrected chi connectivity index (χ0v) is 10.5. The zero-order valence-electron chi connectivity index (χ0n) is 9.74. The molecule has 2 aromatic rings. The number of aryl methyl sites for hydroxylation is 1. The number of carbonyl (C=O) groups is 1. The molecule has 0 radical (unpaired) electrons. The summed E-state index contributed by atoms with van der Waals surface area (Å²) in [5, 5.41) is 2.92. The Balaban J connectivity index is 2.05. The fourth-order valence-electron chi connectivity index (χ4n) is 1.45. The first-order valence-corrected chi connectivity index (χ1v) is 5.69. The highest BCUT2D eigenvalue weighted by atomic mass is 35.5. The number of rotatable bonds is 3. The van der Waals surface area contributed by atoms with Gasteiger partial charge in [0.1, 0.15) is 23.0 Å². The van der Waals surface area contributed by atoms with Crippen LogP contribution in [-0.2, 0) is 6.54 Å². The average Bonchev–Trinajstić information content (AvgIpc) is 2.75. The Bertz CT molecular complexity index is 580. The van der Waals surface area contributed by atoms with Crippen LogP contribution in [0.4, 0.5) is 5.82 Å². The Morgan fingerprint density at radius 1 is 1.44 bits per heavy atom. The number of anilines is 1. The summed E-state index contributed by atoms with van der Waals surface area (Å²) in [6.45, 7) is 2.11. The van der Waals surface area contributed by atoms with E-state index in [-0.39, 0.29) is 29.0 Å². The Morgan fingerprint density at radius 2 is 2.22 bits per heavy atom. The van der Waals surface area contributed by atoms with Crippen molar-refractivity contribution in [1.29, 1.82) is 0 Å². The van der Waals surface area contributed by atoms with Crippen molar-refractivity contribution in [3.8, 4) is 0 Å². The minimum Gasteiger partial charge on any atom is -0.465 e. The van der Waals surface area contributed by atoms with Gasteiger partial charge in [-0.2, -0.15) is 0 Å². The molecule has 6 heteroatoms. The van der Waals surface area contributed by atoms with Crippen LogP contribution in [-0.4, -0.2) is 10.9 Å². The molecule has 0 aliphatic carbocycles. The van der Waals surface area contributed by atoms with E-state index in [9.17, 15) is 4.79 Å². The smallest absolute Gasteiger partial charge is 0.271 e. The zero-order chi connectivity index (χ0) is 13.1. The van der Waals surface area contributed by atoms with Crippen LogP contribution in [0.1, 0.15) is 22.0 Å². The summed E-state index contributed by atoms with van der Waals surface area (Å²) >= 11 is 5.87. The lowest BCUT2D eigenvalue weighted by molar-refractivity contribution is 0.0943. The molecule has 0 aromatic carbocycles. The fourth-order valence-corrected chi connectivity index (χ4v) is 1.64. The standard InChI is InChI=1S/C12H12ClN3O2/c1-7-2-3-8(18-7)6-15-12(17)11-9(13)4-5-10(14)16-11/h2-5H,6H2,1H3,(H2,14,16)(H,15,17). The minimum atomic E-state index is -0.388. The van der Waals surface area contributed by atoms with E-state index in [1.54, 1.807) is 6.07 Å². The molecule has 0 aliphatic heterocycles. The molecular formula is C12H12ClN3O2. The third kappa shape index (κ3) is 2.81. The van der Waals surface area contributed by atoms with Gasteiger partial charge in [0.15, 0.2) is 0 Å². The van der Waals surface area contributed by atoms with Crippen LogP contribution < -0.4 is 11.1 Å². The number of carbonyl (C=O) groups excluding carboxylic acids is 1. The van der Waals surface area contributed by atoms with Crippen LogP contribution in [0.2, 0.25) is 5.02 Å². The van der Waals surface area contributed by atoms with Gasteiger partial charge in [-0.15, -0.1) is 0 Å². The predicted molar refractivity (Wildman–Crippen MR) is 68.3 cm³/mol. The van der Waals surface area contributed by atoms with Crippen LogP contribution in [0.5, 0.6) is 0 Å². The number of nitrogen functional groups attached to an aromatic ring is 1. The van der Waals surface area contributed by atoms with Gasteiger partial charge in [-0.05, 0) is 31.2 Å². The minimum absolute atomic E-state index is 0.111. The number of pyridine rings is 1. The van der Waals surface area contributed by atoms with E-state index in [1.165, 1.54) is 12.1 Å². The van der Waals surface area contributed by atoms with Crippen molar-refractivity contribution in [3.05, 3.63) is 46.5 Å². The summed E-state index contributed by atoms with van der Waals surface area (Å²) < 4.78 is 5.33. The summed E-state index contributed by atoms with van der Waals surface area (Å²) in [4.78, 5) is 15.7. The van der Waals surface area contributed by atoms with Gasteiger partial charge in [-0.25, -0.2) is 4.98 Å². The molecule has 18 heavy (non-hydrogen) atoms. The van der Waals surface area contributed by atoms with Crippen molar-refractivity contribution in [3.63, 3.8) is 0 Å². The molecule has 0 bridgehead atoms. The van der Waals surface area contributed by atoms with Gasteiger partial charge < -0.3 is 15.5 Å². The number of amides is 1. The summed E-state index contributed by atoms with van der Waals surface area (Å²) in [5.41, 5.74) is 5.62. The number of aromatic nitrogens is 1. The van der Waals surface area contributed by atoms with Crippen molar-refractivity contribution < 1.29 is 9.21 Å². The predicted octanol–water partition coefficient (Wildman–Crippen LogP) is 2.15. The molecule has 0 saturated carbocycles. The molecule has 0 unspecified atom stereocenters. The van der Waals surface area contributed by atoms with Crippen LogP contribution >= 0.6 is 11.6 Å². The lowest BCUT2D eigenvalue weighted by atomic mass is 10.3. The molecular weight excluding hydrogens is 254 g/mol. The Morgan fingerprint density at radius 3 is 2.89 bits per heavy atom.